The standard InChI is InChI=1S/C17H19F2N5O4S.HI/c1-20-17(22-11-12-9-13(18)5-6-16(12)19)21-7-8-23-29(27,28)15-4-2-3-14(10-15)24(25)26;/h2-6,9-10,23H,7-8,11H2,1H3,(H2,20,21,22);1H. The van der Waals surface area contributed by atoms with Gasteiger partial charge < -0.3 is 10.6 Å². The Morgan fingerprint density at radius 3 is 2.53 bits per heavy atom. The van der Waals surface area contributed by atoms with E-state index in [-0.39, 0.29) is 65.7 Å². The van der Waals surface area contributed by atoms with Gasteiger partial charge in [0.05, 0.1) is 9.82 Å². The number of benzene rings is 2. The van der Waals surface area contributed by atoms with Crippen LogP contribution in [0, 0.1) is 21.7 Å². The van der Waals surface area contributed by atoms with E-state index in [9.17, 15) is 27.3 Å². The average Bonchev–Trinajstić information content (AvgIpc) is 2.70. The lowest BCUT2D eigenvalue weighted by Crippen LogP contribution is -2.41. The number of nitrogens with zero attached hydrogens (tertiary/aromatic N) is 2. The van der Waals surface area contributed by atoms with Crippen LogP contribution < -0.4 is 15.4 Å². The Bertz CT molecular complexity index is 1020. The summed E-state index contributed by atoms with van der Waals surface area (Å²) < 4.78 is 53.5. The van der Waals surface area contributed by atoms with Crippen LogP contribution in [0.25, 0.3) is 0 Å². The number of aliphatic imine (C=N–C) groups is 1. The summed E-state index contributed by atoms with van der Waals surface area (Å²) in [5.74, 6) is -0.885. The van der Waals surface area contributed by atoms with E-state index in [0.29, 0.717) is 0 Å². The van der Waals surface area contributed by atoms with E-state index >= 15 is 0 Å². The number of nitro benzene ring substituents is 1. The maximum absolute atomic E-state index is 13.6. The molecule has 164 valence electrons. The van der Waals surface area contributed by atoms with Gasteiger partial charge in [-0.3, -0.25) is 15.1 Å². The second kappa shape index (κ2) is 11.7. The molecule has 0 aromatic heterocycles. The lowest BCUT2D eigenvalue weighted by molar-refractivity contribution is -0.385. The zero-order valence-electron chi connectivity index (χ0n) is 15.8. The van der Waals surface area contributed by atoms with Gasteiger partial charge in [0, 0.05) is 44.4 Å². The van der Waals surface area contributed by atoms with Gasteiger partial charge in [-0.1, -0.05) is 6.07 Å². The van der Waals surface area contributed by atoms with E-state index < -0.39 is 26.6 Å². The van der Waals surface area contributed by atoms with Crippen molar-refractivity contribution < 1.29 is 22.1 Å². The van der Waals surface area contributed by atoms with Crippen LogP contribution in [0.15, 0.2) is 52.4 Å². The van der Waals surface area contributed by atoms with Crippen LogP contribution >= 0.6 is 24.0 Å². The summed E-state index contributed by atoms with van der Waals surface area (Å²) in [5, 5.41) is 16.4. The predicted octanol–water partition coefficient (Wildman–Crippen LogP) is 2.13. The van der Waals surface area contributed by atoms with Crippen molar-refractivity contribution in [2.45, 2.75) is 11.4 Å². The maximum atomic E-state index is 13.6. The maximum Gasteiger partial charge on any atom is 0.270 e. The van der Waals surface area contributed by atoms with Gasteiger partial charge in [0.15, 0.2) is 5.96 Å². The molecule has 13 heteroatoms. The summed E-state index contributed by atoms with van der Waals surface area (Å²) in [4.78, 5) is 13.8. The number of rotatable bonds is 8. The molecule has 0 atom stereocenters. The topological polar surface area (TPSA) is 126 Å². The molecule has 0 amide bonds. The molecule has 0 heterocycles. The molecule has 0 saturated heterocycles. The molecule has 0 radical (unpaired) electrons. The first kappa shape index (κ1) is 25.6. The summed E-state index contributed by atoms with van der Waals surface area (Å²) in [5.41, 5.74) is -0.223. The molecule has 0 aliphatic carbocycles. The van der Waals surface area contributed by atoms with Gasteiger partial charge in [0.1, 0.15) is 11.6 Å². The highest BCUT2D eigenvalue weighted by Gasteiger charge is 2.17. The van der Waals surface area contributed by atoms with Gasteiger partial charge in [-0.25, -0.2) is 21.9 Å². The average molecular weight is 555 g/mol. The number of halogens is 3. The number of nitrogens with one attached hydrogen (secondary N) is 3. The zero-order chi connectivity index (χ0) is 21.4. The monoisotopic (exact) mass is 555 g/mol. The van der Waals surface area contributed by atoms with E-state index in [4.69, 9.17) is 0 Å². The van der Waals surface area contributed by atoms with Crippen LogP contribution in [-0.4, -0.2) is 39.4 Å². The molecule has 0 unspecified atom stereocenters. The second-order valence-corrected chi connectivity index (χ2v) is 7.51. The fraction of sp³-hybridized carbons (Fsp3) is 0.235. The Labute approximate surface area is 189 Å². The van der Waals surface area contributed by atoms with Gasteiger partial charge >= 0.3 is 0 Å². The van der Waals surface area contributed by atoms with E-state index in [1.54, 1.807) is 0 Å². The van der Waals surface area contributed by atoms with Crippen LogP contribution in [0.3, 0.4) is 0 Å². The van der Waals surface area contributed by atoms with Crippen molar-refractivity contribution >= 4 is 45.6 Å². The van der Waals surface area contributed by atoms with Crippen LogP contribution in [0.2, 0.25) is 0 Å². The normalized spacial score (nSPS) is 11.5. The Balaban J connectivity index is 0.00000450. The summed E-state index contributed by atoms with van der Waals surface area (Å²) in [6.07, 6.45) is 0. The third-order valence-corrected chi connectivity index (χ3v) is 5.18. The second-order valence-electron chi connectivity index (χ2n) is 5.74. The highest BCUT2D eigenvalue weighted by Crippen LogP contribution is 2.16. The fourth-order valence-corrected chi connectivity index (χ4v) is 3.36. The summed E-state index contributed by atoms with van der Waals surface area (Å²) in [6.45, 7) is 0.0577. The molecule has 2 rings (SSSR count). The van der Waals surface area contributed by atoms with Crippen molar-refractivity contribution in [2.24, 2.45) is 4.99 Å². The summed E-state index contributed by atoms with van der Waals surface area (Å²) in [6, 6.07) is 7.77. The van der Waals surface area contributed by atoms with Crippen molar-refractivity contribution in [3.05, 3.63) is 69.8 Å². The molecule has 3 N–H and O–H groups in total. The third kappa shape index (κ3) is 7.46. The first-order valence-corrected chi connectivity index (χ1v) is 9.84. The first-order valence-electron chi connectivity index (χ1n) is 8.35. The molecule has 0 aliphatic rings. The lowest BCUT2D eigenvalue weighted by atomic mass is 10.2. The van der Waals surface area contributed by atoms with Crippen molar-refractivity contribution in [1.82, 2.24) is 15.4 Å². The molecule has 0 fully saturated rings. The highest BCUT2D eigenvalue weighted by atomic mass is 127. The van der Waals surface area contributed by atoms with Gasteiger partial charge in [-0.2, -0.15) is 0 Å². The zero-order valence-corrected chi connectivity index (χ0v) is 18.9. The van der Waals surface area contributed by atoms with Gasteiger partial charge in [-0.15, -0.1) is 24.0 Å². The number of nitro groups is 1. The van der Waals surface area contributed by atoms with E-state index in [1.807, 2.05) is 0 Å². The van der Waals surface area contributed by atoms with Crippen molar-refractivity contribution in [3.63, 3.8) is 0 Å². The van der Waals surface area contributed by atoms with E-state index in [0.717, 1.165) is 24.3 Å². The number of sulfonamides is 1. The van der Waals surface area contributed by atoms with Gasteiger partial charge in [0.25, 0.3) is 5.69 Å². The van der Waals surface area contributed by atoms with Gasteiger partial charge in [0.2, 0.25) is 10.0 Å². The Hall–Kier alpha value is -2.39. The number of hydrogen-bond donors (Lipinski definition) is 3. The molecule has 30 heavy (non-hydrogen) atoms. The number of guanidine groups is 1. The van der Waals surface area contributed by atoms with Crippen LogP contribution in [0.4, 0.5) is 14.5 Å². The van der Waals surface area contributed by atoms with Gasteiger partial charge in [-0.05, 0) is 24.3 Å². The minimum absolute atomic E-state index is 0. The Morgan fingerprint density at radius 2 is 1.87 bits per heavy atom. The molecular weight excluding hydrogens is 535 g/mol. The third-order valence-electron chi connectivity index (χ3n) is 3.73. The molecule has 0 aliphatic heterocycles. The molecule has 0 bridgehead atoms. The smallest absolute Gasteiger partial charge is 0.270 e. The first-order chi connectivity index (χ1) is 13.7. The SMILES string of the molecule is CN=C(NCCNS(=O)(=O)c1cccc([N+](=O)[O-])c1)NCc1cc(F)ccc1F.I. The van der Waals surface area contributed by atoms with Crippen LogP contribution in [-0.2, 0) is 16.6 Å². The quantitative estimate of drug-likeness (QED) is 0.115. The molecular formula is C17H20F2IN5O4S. The minimum atomic E-state index is -3.93. The minimum Gasteiger partial charge on any atom is -0.355 e. The van der Waals surface area contributed by atoms with Crippen molar-refractivity contribution in [2.75, 3.05) is 20.1 Å². The van der Waals surface area contributed by atoms with Crippen molar-refractivity contribution in [3.8, 4) is 0 Å². The van der Waals surface area contributed by atoms with Crippen LogP contribution in [0.5, 0.6) is 0 Å². The van der Waals surface area contributed by atoms with Crippen LogP contribution in [0.1, 0.15) is 5.56 Å². The molecule has 2 aromatic rings. The highest BCUT2D eigenvalue weighted by molar-refractivity contribution is 14.0. The fourth-order valence-electron chi connectivity index (χ4n) is 2.29. The largest absolute Gasteiger partial charge is 0.355 e. The summed E-state index contributed by atoms with van der Waals surface area (Å²) >= 11 is 0. The Kier molecular flexibility index (Phi) is 10.0. The molecule has 9 nitrogen and oxygen atoms in total. The summed E-state index contributed by atoms with van der Waals surface area (Å²) in [7, 11) is -2.47. The number of hydrogen-bond acceptors (Lipinski definition) is 5. The van der Waals surface area contributed by atoms with E-state index in [2.05, 4.69) is 20.3 Å². The van der Waals surface area contributed by atoms with Crippen molar-refractivity contribution in [1.29, 1.82) is 0 Å². The molecule has 0 spiro atoms. The molecule has 0 saturated carbocycles. The lowest BCUT2D eigenvalue weighted by Gasteiger charge is -2.13. The van der Waals surface area contributed by atoms with E-state index in [1.165, 1.54) is 25.2 Å². The Morgan fingerprint density at radius 1 is 1.13 bits per heavy atom. The molecule has 2 aromatic carbocycles. The predicted molar refractivity (Wildman–Crippen MR) is 118 cm³/mol. The number of non-ortho nitro benzene ring substituents is 1.